The molecule has 0 radical (unpaired) electrons. The van der Waals surface area contributed by atoms with Crippen molar-refractivity contribution in [2.24, 2.45) is 0 Å². The van der Waals surface area contributed by atoms with Crippen molar-refractivity contribution < 1.29 is 27.4 Å². The number of alkyl halides is 3. The number of carbonyl (C=O) groups excluding carboxylic acids is 1. The van der Waals surface area contributed by atoms with Crippen LogP contribution in [0.5, 0.6) is 11.5 Å². The maximum absolute atomic E-state index is 12.8. The van der Waals surface area contributed by atoms with Gasteiger partial charge >= 0.3 is 6.18 Å². The summed E-state index contributed by atoms with van der Waals surface area (Å²) >= 11 is 0. The van der Waals surface area contributed by atoms with Crippen molar-refractivity contribution in [3.05, 3.63) is 53.6 Å². The van der Waals surface area contributed by atoms with Gasteiger partial charge in [-0.25, -0.2) is 0 Å². The minimum Gasteiger partial charge on any atom is -0.493 e. The third-order valence-electron chi connectivity index (χ3n) is 3.63. The highest BCUT2D eigenvalue weighted by Gasteiger charge is 2.30. The van der Waals surface area contributed by atoms with Gasteiger partial charge in [-0.2, -0.15) is 13.2 Å². The summed E-state index contributed by atoms with van der Waals surface area (Å²) in [6.45, 7) is 2.57. The first-order valence-electron chi connectivity index (χ1n) is 8.14. The van der Waals surface area contributed by atoms with Crippen molar-refractivity contribution >= 4 is 11.6 Å². The van der Waals surface area contributed by atoms with Gasteiger partial charge in [0, 0.05) is 11.3 Å². The molecule has 0 aliphatic rings. The Morgan fingerprint density at radius 1 is 1.12 bits per heavy atom. The van der Waals surface area contributed by atoms with E-state index in [9.17, 15) is 18.0 Å². The second kappa shape index (κ2) is 8.60. The highest BCUT2D eigenvalue weighted by molar-refractivity contribution is 6.04. The Labute approximate surface area is 149 Å². The van der Waals surface area contributed by atoms with Gasteiger partial charge < -0.3 is 14.8 Å². The van der Waals surface area contributed by atoms with E-state index in [1.807, 2.05) is 6.92 Å². The highest BCUT2D eigenvalue weighted by atomic mass is 19.4. The van der Waals surface area contributed by atoms with E-state index in [0.717, 1.165) is 25.0 Å². The zero-order valence-corrected chi connectivity index (χ0v) is 14.5. The first-order valence-corrected chi connectivity index (χ1v) is 8.14. The molecule has 0 bridgehead atoms. The average molecular weight is 367 g/mol. The summed E-state index contributed by atoms with van der Waals surface area (Å²) < 4.78 is 49.1. The fraction of sp³-hybridized carbons (Fsp3) is 0.316. The van der Waals surface area contributed by atoms with E-state index in [0.29, 0.717) is 18.1 Å². The molecule has 0 aliphatic carbocycles. The Kier molecular flexibility index (Phi) is 6.49. The lowest BCUT2D eigenvalue weighted by Gasteiger charge is -2.13. The first-order chi connectivity index (χ1) is 12.3. The van der Waals surface area contributed by atoms with Crippen LogP contribution in [-0.2, 0) is 6.18 Å². The molecule has 2 aromatic rings. The predicted molar refractivity (Wildman–Crippen MR) is 92.8 cm³/mol. The SMILES string of the molecule is CCCCOc1ccc(C(=O)Nc2cccc(C(F)(F)F)c2)cc1OC. The van der Waals surface area contributed by atoms with Crippen molar-refractivity contribution in [2.75, 3.05) is 19.0 Å². The Bertz CT molecular complexity index is 760. The molecule has 1 amide bonds. The minimum absolute atomic E-state index is 0.0621. The van der Waals surface area contributed by atoms with Crippen LogP contribution in [0.4, 0.5) is 18.9 Å². The first kappa shape index (κ1) is 19.6. The Balaban J connectivity index is 2.14. The molecule has 0 aromatic heterocycles. The van der Waals surface area contributed by atoms with E-state index in [1.54, 1.807) is 6.07 Å². The molecule has 7 heteroatoms. The van der Waals surface area contributed by atoms with Crippen LogP contribution in [0.15, 0.2) is 42.5 Å². The van der Waals surface area contributed by atoms with E-state index < -0.39 is 17.6 Å². The molecule has 0 heterocycles. The third-order valence-corrected chi connectivity index (χ3v) is 3.63. The number of anilines is 1. The van der Waals surface area contributed by atoms with Crippen LogP contribution in [0.3, 0.4) is 0 Å². The zero-order valence-electron chi connectivity index (χ0n) is 14.5. The smallest absolute Gasteiger partial charge is 0.416 e. The van der Waals surface area contributed by atoms with Crippen LogP contribution < -0.4 is 14.8 Å². The number of hydrogen-bond donors (Lipinski definition) is 1. The normalized spacial score (nSPS) is 11.1. The molecule has 4 nitrogen and oxygen atoms in total. The van der Waals surface area contributed by atoms with E-state index in [4.69, 9.17) is 9.47 Å². The Morgan fingerprint density at radius 2 is 1.88 bits per heavy atom. The fourth-order valence-electron chi connectivity index (χ4n) is 2.23. The lowest BCUT2D eigenvalue weighted by molar-refractivity contribution is -0.137. The molecule has 0 unspecified atom stereocenters. The quantitative estimate of drug-likeness (QED) is 0.689. The number of amides is 1. The molecule has 0 saturated carbocycles. The number of carbonyl (C=O) groups is 1. The number of methoxy groups -OCH3 is 1. The number of unbranched alkanes of at least 4 members (excludes halogenated alkanes) is 1. The van der Waals surface area contributed by atoms with Crippen molar-refractivity contribution in [1.29, 1.82) is 0 Å². The second-order valence-electron chi connectivity index (χ2n) is 5.60. The molecular formula is C19H20F3NO3. The Hall–Kier alpha value is -2.70. The Morgan fingerprint density at radius 3 is 2.54 bits per heavy atom. The number of ether oxygens (including phenoxy) is 2. The molecular weight excluding hydrogens is 347 g/mol. The van der Waals surface area contributed by atoms with Crippen LogP contribution in [0.1, 0.15) is 35.7 Å². The molecule has 0 spiro atoms. The summed E-state index contributed by atoms with van der Waals surface area (Å²) in [7, 11) is 1.45. The highest BCUT2D eigenvalue weighted by Crippen LogP contribution is 2.31. The number of halogens is 3. The van der Waals surface area contributed by atoms with Crippen molar-refractivity contribution in [1.82, 2.24) is 0 Å². The van der Waals surface area contributed by atoms with Crippen molar-refractivity contribution in [3.63, 3.8) is 0 Å². The lowest BCUT2D eigenvalue weighted by atomic mass is 10.1. The topological polar surface area (TPSA) is 47.6 Å². The molecule has 2 rings (SSSR count). The molecule has 1 N–H and O–H groups in total. The van der Waals surface area contributed by atoms with Gasteiger partial charge in [-0.3, -0.25) is 4.79 Å². The van der Waals surface area contributed by atoms with Crippen molar-refractivity contribution in [3.8, 4) is 11.5 Å². The minimum atomic E-state index is -4.47. The van der Waals surface area contributed by atoms with Gasteiger partial charge in [0.15, 0.2) is 11.5 Å². The second-order valence-corrected chi connectivity index (χ2v) is 5.60. The maximum atomic E-state index is 12.8. The van der Waals surface area contributed by atoms with Crippen LogP contribution in [0.2, 0.25) is 0 Å². The summed E-state index contributed by atoms with van der Waals surface area (Å²) in [4.78, 5) is 12.3. The molecule has 0 saturated heterocycles. The summed E-state index contributed by atoms with van der Waals surface area (Å²) in [5.41, 5.74) is -0.512. The number of rotatable bonds is 7. The fourth-order valence-corrected chi connectivity index (χ4v) is 2.23. The predicted octanol–water partition coefficient (Wildman–Crippen LogP) is 5.15. The molecule has 0 aliphatic heterocycles. The molecule has 0 atom stereocenters. The number of nitrogens with one attached hydrogen (secondary N) is 1. The van der Waals surface area contributed by atoms with Gasteiger partial charge in [-0.1, -0.05) is 19.4 Å². The van der Waals surface area contributed by atoms with Crippen molar-refractivity contribution in [2.45, 2.75) is 25.9 Å². The largest absolute Gasteiger partial charge is 0.493 e. The van der Waals surface area contributed by atoms with Crippen LogP contribution >= 0.6 is 0 Å². The molecule has 0 fully saturated rings. The van der Waals surface area contributed by atoms with Gasteiger partial charge in [-0.15, -0.1) is 0 Å². The van der Waals surface area contributed by atoms with E-state index in [1.165, 1.54) is 31.4 Å². The van der Waals surface area contributed by atoms with Crippen LogP contribution in [-0.4, -0.2) is 19.6 Å². The summed E-state index contributed by atoms with van der Waals surface area (Å²) in [5.74, 6) is 0.358. The van der Waals surface area contributed by atoms with Gasteiger partial charge in [-0.05, 0) is 42.8 Å². The number of hydrogen-bond acceptors (Lipinski definition) is 3. The summed E-state index contributed by atoms with van der Waals surface area (Å²) in [5, 5.41) is 2.46. The van der Waals surface area contributed by atoms with E-state index in [2.05, 4.69) is 5.32 Å². The van der Waals surface area contributed by atoms with E-state index in [-0.39, 0.29) is 11.3 Å². The zero-order chi connectivity index (χ0) is 19.2. The molecule has 26 heavy (non-hydrogen) atoms. The van der Waals surface area contributed by atoms with Gasteiger partial charge in [0.2, 0.25) is 0 Å². The monoisotopic (exact) mass is 367 g/mol. The van der Waals surface area contributed by atoms with Crippen LogP contribution in [0.25, 0.3) is 0 Å². The van der Waals surface area contributed by atoms with Gasteiger partial charge in [0.1, 0.15) is 0 Å². The maximum Gasteiger partial charge on any atom is 0.416 e. The van der Waals surface area contributed by atoms with Gasteiger partial charge in [0.05, 0.1) is 19.3 Å². The lowest BCUT2D eigenvalue weighted by Crippen LogP contribution is -2.13. The molecule has 140 valence electrons. The average Bonchev–Trinajstić information content (AvgIpc) is 2.61. The van der Waals surface area contributed by atoms with Gasteiger partial charge in [0.25, 0.3) is 5.91 Å². The number of benzene rings is 2. The molecule has 2 aromatic carbocycles. The van der Waals surface area contributed by atoms with E-state index >= 15 is 0 Å². The third kappa shape index (κ3) is 5.15. The summed E-state index contributed by atoms with van der Waals surface area (Å²) in [6.07, 6.45) is -2.60. The standard InChI is InChI=1S/C19H20F3NO3/c1-3-4-10-26-16-9-8-13(11-17(16)25-2)18(24)23-15-7-5-6-14(12-15)19(20,21)22/h5-9,11-12H,3-4,10H2,1-2H3,(H,23,24). The van der Waals surface area contributed by atoms with Crippen LogP contribution in [0, 0.1) is 0 Å². The summed E-state index contributed by atoms with van der Waals surface area (Å²) in [6, 6.07) is 9.10.